The van der Waals surface area contributed by atoms with Crippen molar-refractivity contribution in [1.82, 2.24) is 5.32 Å². The molecule has 3 heteroatoms. The fourth-order valence-corrected chi connectivity index (χ4v) is 1.01. The molecule has 76 valence electrons. The summed E-state index contributed by atoms with van der Waals surface area (Å²) in [6.45, 7) is 9.54. The van der Waals surface area contributed by atoms with Crippen molar-refractivity contribution in [3.05, 3.63) is 12.7 Å². The number of carbonyl (C=O) groups is 1. The fourth-order valence-electron chi connectivity index (χ4n) is 1.01. The van der Waals surface area contributed by atoms with Gasteiger partial charge in [0.15, 0.2) is 0 Å². The maximum atomic E-state index is 11.4. The Balaban J connectivity index is 3.89. The number of hydrogen-bond acceptors (Lipinski definition) is 2. The highest BCUT2D eigenvalue weighted by Crippen LogP contribution is 2.02. The van der Waals surface area contributed by atoms with Crippen molar-refractivity contribution in [3.8, 4) is 0 Å². The van der Waals surface area contributed by atoms with Gasteiger partial charge in [0.25, 0.3) is 0 Å². The molecule has 0 spiro atoms. The van der Waals surface area contributed by atoms with Crippen LogP contribution in [0.2, 0.25) is 0 Å². The Labute approximate surface area is 80.4 Å². The molecule has 0 aromatic carbocycles. The van der Waals surface area contributed by atoms with E-state index in [1.54, 1.807) is 6.08 Å². The lowest BCUT2D eigenvalue weighted by Crippen LogP contribution is -2.44. The first-order chi connectivity index (χ1) is 5.97. The van der Waals surface area contributed by atoms with Gasteiger partial charge in [-0.2, -0.15) is 0 Å². The van der Waals surface area contributed by atoms with Gasteiger partial charge in [0.2, 0.25) is 5.91 Å². The van der Waals surface area contributed by atoms with Crippen molar-refractivity contribution < 1.29 is 4.79 Å². The molecule has 0 saturated carbocycles. The third-order valence-corrected chi connectivity index (χ3v) is 1.79. The molecule has 0 rings (SSSR count). The van der Waals surface area contributed by atoms with Crippen LogP contribution in [-0.4, -0.2) is 18.0 Å². The molecule has 3 nitrogen and oxygen atoms in total. The molecule has 3 N–H and O–H groups in total. The summed E-state index contributed by atoms with van der Waals surface area (Å²) in [6.07, 6.45) is 2.40. The first-order valence-corrected chi connectivity index (χ1v) is 4.65. The van der Waals surface area contributed by atoms with Crippen molar-refractivity contribution in [3.63, 3.8) is 0 Å². The molecule has 0 radical (unpaired) electrons. The van der Waals surface area contributed by atoms with Crippen molar-refractivity contribution >= 4 is 5.91 Å². The topological polar surface area (TPSA) is 55.1 Å². The molecular weight excluding hydrogens is 164 g/mol. The van der Waals surface area contributed by atoms with E-state index in [1.165, 1.54) is 0 Å². The van der Waals surface area contributed by atoms with Crippen molar-refractivity contribution in [2.45, 2.75) is 39.3 Å². The molecule has 0 aliphatic carbocycles. The highest BCUT2D eigenvalue weighted by atomic mass is 16.2. The lowest BCUT2D eigenvalue weighted by Gasteiger charge is -2.16. The van der Waals surface area contributed by atoms with E-state index in [0.717, 1.165) is 6.42 Å². The Bertz CT molecular complexity index is 178. The molecule has 0 aromatic rings. The zero-order chi connectivity index (χ0) is 10.4. The lowest BCUT2D eigenvalue weighted by atomic mass is 10.0. The Morgan fingerprint density at radius 3 is 2.46 bits per heavy atom. The molecule has 1 amide bonds. The first kappa shape index (κ1) is 12.2. The molecule has 1 unspecified atom stereocenters. The van der Waals surface area contributed by atoms with E-state index in [1.807, 2.05) is 20.8 Å². The number of nitrogens with one attached hydrogen (secondary N) is 1. The molecule has 0 heterocycles. The standard InChI is InChI=1S/C10H20N2O/c1-5-8(4)12-10(13)9(11)6-7(2)3/h5,7-9H,1,6,11H2,2-4H3,(H,12,13)/t8?,9-/m0/s1. The van der Waals surface area contributed by atoms with Crippen LogP contribution in [0.4, 0.5) is 0 Å². The summed E-state index contributed by atoms with van der Waals surface area (Å²) in [6, 6.07) is -0.409. The summed E-state index contributed by atoms with van der Waals surface area (Å²) in [5.41, 5.74) is 5.67. The number of hydrogen-bond donors (Lipinski definition) is 2. The van der Waals surface area contributed by atoms with Gasteiger partial charge in [-0.15, -0.1) is 6.58 Å². The van der Waals surface area contributed by atoms with Gasteiger partial charge in [-0.1, -0.05) is 19.9 Å². The largest absolute Gasteiger partial charge is 0.349 e. The third-order valence-electron chi connectivity index (χ3n) is 1.79. The van der Waals surface area contributed by atoms with Crippen molar-refractivity contribution in [2.75, 3.05) is 0 Å². The molecule has 0 bridgehead atoms. The Morgan fingerprint density at radius 2 is 2.08 bits per heavy atom. The normalized spacial score (nSPS) is 15.2. The second-order valence-corrected chi connectivity index (χ2v) is 3.77. The molecule has 0 saturated heterocycles. The van der Waals surface area contributed by atoms with Gasteiger partial charge in [0, 0.05) is 6.04 Å². The molecule has 0 aromatic heterocycles. The van der Waals surface area contributed by atoms with Crippen LogP contribution >= 0.6 is 0 Å². The predicted molar refractivity (Wildman–Crippen MR) is 55.2 cm³/mol. The van der Waals surface area contributed by atoms with Crippen LogP contribution in [0.25, 0.3) is 0 Å². The third kappa shape index (κ3) is 5.42. The highest BCUT2D eigenvalue weighted by molar-refractivity contribution is 5.81. The quantitative estimate of drug-likeness (QED) is 0.627. The number of carbonyl (C=O) groups excluding carboxylic acids is 1. The van der Waals surface area contributed by atoms with Crippen LogP contribution in [0, 0.1) is 5.92 Å². The van der Waals surface area contributed by atoms with Gasteiger partial charge >= 0.3 is 0 Å². The average Bonchev–Trinajstić information content (AvgIpc) is 2.02. The minimum atomic E-state index is -0.401. The van der Waals surface area contributed by atoms with Crippen molar-refractivity contribution in [1.29, 1.82) is 0 Å². The summed E-state index contributed by atoms with van der Waals surface area (Å²) >= 11 is 0. The monoisotopic (exact) mass is 184 g/mol. The summed E-state index contributed by atoms with van der Waals surface area (Å²) in [5, 5.41) is 2.75. The maximum absolute atomic E-state index is 11.4. The Kier molecular flexibility index (Phi) is 5.39. The smallest absolute Gasteiger partial charge is 0.237 e. The van der Waals surface area contributed by atoms with E-state index in [-0.39, 0.29) is 11.9 Å². The second-order valence-electron chi connectivity index (χ2n) is 3.77. The van der Waals surface area contributed by atoms with Gasteiger partial charge in [0.05, 0.1) is 6.04 Å². The van der Waals surface area contributed by atoms with Crippen LogP contribution in [-0.2, 0) is 4.79 Å². The summed E-state index contributed by atoms with van der Waals surface area (Å²) in [7, 11) is 0. The first-order valence-electron chi connectivity index (χ1n) is 4.65. The van der Waals surface area contributed by atoms with Gasteiger partial charge in [-0.25, -0.2) is 0 Å². The minimum Gasteiger partial charge on any atom is -0.349 e. The lowest BCUT2D eigenvalue weighted by molar-refractivity contribution is -0.123. The molecule has 2 atom stereocenters. The van der Waals surface area contributed by atoms with E-state index in [4.69, 9.17) is 5.73 Å². The van der Waals surface area contributed by atoms with E-state index < -0.39 is 6.04 Å². The SMILES string of the molecule is C=CC(C)NC(=O)[C@@H](N)CC(C)C. The van der Waals surface area contributed by atoms with Crippen LogP contribution in [0.15, 0.2) is 12.7 Å². The summed E-state index contributed by atoms with van der Waals surface area (Å²) in [4.78, 5) is 11.4. The van der Waals surface area contributed by atoms with Crippen LogP contribution < -0.4 is 11.1 Å². The summed E-state index contributed by atoms with van der Waals surface area (Å²) in [5.74, 6) is 0.348. The molecule has 13 heavy (non-hydrogen) atoms. The van der Waals surface area contributed by atoms with Crippen molar-refractivity contribution in [2.24, 2.45) is 11.7 Å². The molecule has 0 fully saturated rings. The van der Waals surface area contributed by atoms with Gasteiger partial charge in [-0.05, 0) is 19.3 Å². The highest BCUT2D eigenvalue weighted by Gasteiger charge is 2.15. The van der Waals surface area contributed by atoms with E-state index >= 15 is 0 Å². The molecule has 0 aliphatic rings. The zero-order valence-corrected chi connectivity index (χ0v) is 8.71. The molecular formula is C10H20N2O. The van der Waals surface area contributed by atoms with Gasteiger partial charge in [0.1, 0.15) is 0 Å². The number of amides is 1. The maximum Gasteiger partial charge on any atom is 0.237 e. The Hall–Kier alpha value is -0.830. The molecule has 0 aliphatic heterocycles. The van der Waals surface area contributed by atoms with E-state index in [9.17, 15) is 4.79 Å². The van der Waals surface area contributed by atoms with Gasteiger partial charge < -0.3 is 11.1 Å². The number of rotatable bonds is 5. The van der Waals surface area contributed by atoms with Crippen LogP contribution in [0.5, 0.6) is 0 Å². The zero-order valence-electron chi connectivity index (χ0n) is 8.71. The summed E-state index contributed by atoms with van der Waals surface area (Å²) < 4.78 is 0. The second kappa shape index (κ2) is 5.75. The predicted octanol–water partition coefficient (Wildman–Crippen LogP) is 1.05. The fraction of sp³-hybridized carbons (Fsp3) is 0.700. The van der Waals surface area contributed by atoms with E-state index in [0.29, 0.717) is 5.92 Å². The minimum absolute atomic E-state index is 0.00860. The van der Waals surface area contributed by atoms with Crippen LogP contribution in [0.1, 0.15) is 27.2 Å². The Morgan fingerprint density at radius 1 is 1.54 bits per heavy atom. The van der Waals surface area contributed by atoms with Gasteiger partial charge in [-0.3, -0.25) is 4.79 Å². The average molecular weight is 184 g/mol. The van der Waals surface area contributed by atoms with Crippen LogP contribution in [0.3, 0.4) is 0 Å². The van der Waals surface area contributed by atoms with E-state index in [2.05, 4.69) is 11.9 Å². The number of nitrogens with two attached hydrogens (primary N) is 1.